The molecule has 0 aromatic rings. The quantitative estimate of drug-likeness (QED) is 0.552. The van der Waals surface area contributed by atoms with E-state index in [1.54, 1.807) is 27.7 Å². The topological polar surface area (TPSA) is 88.0 Å². The van der Waals surface area contributed by atoms with Gasteiger partial charge in [0.25, 0.3) is 0 Å². The zero-order valence-electron chi connectivity index (χ0n) is 13.2. The molecule has 0 heterocycles. The van der Waals surface area contributed by atoms with Crippen molar-refractivity contribution in [3.8, 4) is 0 Å². The average Bonchev–Trinajstić information content (AvgIpc) is 2.29. The molecule has 1 amide bonds. The highest BCUT2D eigenvalue weighted by molar-refractivity contribution is 8.01. The Morgan fingerprint density at radius 3 is 2.48 bits per heavy atom. The Balaban J connectivity index is 4.67. The van der Waals surface area contributed by atoms with E-state index in [2.05, 4.69) is 9.71 Å². The van der Waals surface area contributed by atoms with E-state index in [-0.39, 0.29) is 6.42 Å². The van der Waals surface area contributed by atoms with E-state index in [1.165, 1.54) is 0 Å². The molecular formula is C14H24N2O4S. The minimum Gasteiger partial charge on any atom is -0.481 e. The van der Waals surface area contributed by atoms with Crippen LogP contribution in [-0.4, -0.2) is 28.5 Å². The molecule has 0 radical (unpaired) electrons. The lowest BCUT2D eigenvalue weighted by molar-refractivity contribution is -0.135. The summed E-state index contributed by atoms with van der Waals surface area (Å²) in [7, 11) is 0. The Morgan fingerprint density at radius 1 is 1.38 bits per heavy atom. The van der Waals surface area contributed by atoms with E-state index in [1.807, 2.05) is 13.0 Å². The fourth-order valence-corrected chi connectivity index (χ4v) is 1.81. The van der Waals surface area contributed by atoms with Gasteiger partial charge in [-0.25, -0.2) is 9.19 Å². The Kier molecular flexibility index (Phi) is 8.76. The van der Waals surface area contributed by atoms with Gasteiger partial charge in [-0.15, -0.1) is 0 Å². The number of amides is 1. The molecule has 0 aromatic heterocycles. The molecular weight excluding hydrogens is 292 g/mol. The third-order valence-electron chi connectivity index (χ3n) is 1.95. The van der Waals surface area contributed by atoms with Crippen LogP contribution in [0.15, 0.2) is 15.5 Å². The number of carbonyl (C=O) groups excluding carboxylic acids is 1. The Morgan fingerprint density at radius 2 is 2.00 bits per heavy atom. The second kappa shape index (κ2) is 9.44. The third kappa shape index (κ3) is 12.0. The first kappa shape index (κ1) is 19.5. The number of hydrogen-bond acceptors (Lipinski definition) is 5. The van der Waals surface area contributed by atoms with Gasteiger partial charge < -0.3 is 9.84 Å². The van der Waals surface area contributed by atoms with Crippen molar-refractivity contribution in [2.24, 2.45) is 4.40 Å². The Bertz CT molecular complexity index is 425. The number of allylic oxidation sites excluding steroid dienone is 1. The van der Waals surface area contributed by atoms with Crippen molar-refractivity contribution >= 4 is 29.7 Å². The standard InChI is InChI=1S/C14H24N2O4S/c1-6-7-8-11(15-13(19)20-14(3,4)5)21-16-10(2)9-12(17)18/h8H,6-7,9H2,1-5H3,(H,15,19)(H,17,18)/b11-8+,16-10+. The number of alkyl carbamates (subject to hydrolysis) is 1. The number of carboxylic acid groups (broad SMARTS) is 1. The molecule has 0 spiro atoms. The van der Waals surface area contributed by atoms with Crippen LogP contribution in [0.5, 0.6) is 0 Å². The lowest BCUT2D eigenvalue weighted by Crippen LogP contribution is -2.31. The number of aliphatic carboxylic acids is 1. The molecule has 0 aromatic carbocycles. The van der Waals surface area contributed by atoms with Gasteiger partial charge in [0.2, 0.25) is 0 Å². The van der Waals surface area contributed by atoms with Gasteiger partial charge in [0.05, 0.1) is 11.4 Å². The number of rotatable bonds is 7. The molecule has 0 bridgehead atoms. The number of nitrogens with one attached hydrogen (secondary N) is 1. The van der Waals surface area contributed by atoms with Gasteiger partial charge >= 0.3 is 12.1 Å². The van der Waals surface area contributed by atoms with Crippen molar-refractivity contribution in [2.75, 3.05) is 0 Å². The van der Waals surface area contributed by atoms with E-state index < -0.39 is 17.7 Å². The lowest BCUT2D eigenvalue weighted by atomic mass is 10.2. The zero-order chi connectivity index (χ0) is 16.5. The monoisotopic (exact) mass is 316 g/mol. The van der Waals surface area contributed by atoms with Gasteiger partial charge in [-0.1, -0.05) is 19.4 Å². The van der Waals surface area contributed by atoms with Crippen LogP contribution in [0.1, 0.15) is 53.9 Å². The van der Waals surface area contributed by atoms with E-state index in [4.69, 9.17) is 9.84 Å². The SMILES string of the molecule is CCC/C=C(\NC(=O)OC(C)(C)C)S/N=C(\C)CC(=O)O. The maximum absolute atomic E-state index is 11.7. The number of nitrogens with zero attached hydrogens (tertiary/aromatic N) is 1. The van der Waals surface area contributed by atoms with Crippen LogP contribution < -0.4 is 5.32 Å². The number of hydrogen-bond donors (Lipinski definition) is 2. The first-order chi connectivity index (χ1) is 9.64. The molecule has 0 unspecified atom stereocenters. The molecule has 0 aliphatic rings. The second-order valence-corrected chi connectivity index (χ2v) is 6.28. The predicted molar refractivity (Wildman–Crippen MR) is 85.3 cm³/mol. The molecule has 21 heavy (non-hydrogen) atoms. The van der Waals surface area contributed by atoms with Crippen molar-refractivity contribution in [1.29, 1.82) is 0 Å². The summed E-state index contributed by atoms with van der Waals surface area (Å²) in [6.45, 7) is 9.00. The van der Waals surface area contributed by atoms with Crippen LogP contribution in [0.2, 0.25) is 0 Å². The third-order valence-corrected chi connectivity index (χ3v) is 2.82. The van der Waals surface area contributed by atoms with Crippen molar-refractivity contribution in [3.05, 3.63) is 11.1 Å². The summed E-state index contributed by atoms with van der Waals surface area (Å²) >= 11 is 1.04. The molecule has 0 aliphatic carbocycles. The normalized spacial score (nSPS) is 13.0. The van der Waals surface area contributed by atoms with Gasteiger partial charge in [0.1, 0.15) is 5.60 Å². The summed E-state index contributed by atoms with van der Waals surface area (Å²) in [5.41, 5.74) is -0.103. The second-order valence-electron chi connectivity index (χ2n) is 5.47. The highest BCUT2D eigenvalue weighted by Crippen LogP contribution is 2.17. The van der Waals surface area contributed by atoms with E-state index in [9.17, 15) is 9.59 Å². The van der Waals surface area contributed by atoms with Gasteiger partial charge in [-0.2, -0.15) is 0 Å². The van der Waals surface area contributed by atoms with Crippen LogP contribution >= 0.6 is 11.9 Å². The summed E-state index contributed by atoms with van der Waals surface area (Å²) in [4.78, 5) is 22.3. The van der Waals surface area contributed by atoms with Crippen LogP contribution in [0.25, 0.3) is 0 Å². The summed E-state index contributed by atoms with van der Waals surface area (Å²) < 4.78 is 9.25. The first-order valence-corrected chi connectivity index (χ1v) is 7.53. The maximum atomic E-state index is 11.7. The molecule has 7 heteroatoms. The van der Waals surface area contributed by atoms with E-state index in [0.717, 1.165) is 24.8 Å². The largest absolute Gasteiger partial charge is 0.481 e. The van der Waals surface area contributed by atoms with E-state index in [0.29, 0.717) is 10.7 Å². The van der Waals surface area contributed by atoms with Crippen molar-refractivity contribution < 1.29 is 19.4 Å². The van der Waals surface area contributed by atoms with Gasteiger partial charge in [-0.3, -0.25) is 10.1 Å². The summed E-state index contributed by atoms with van der Waals surface area (Å²) in [6, 6.07) is 0. The molecule has 2 N–H and O–H groups in total. The fraction of sp³-hybridized carbons (Fsp3) is 0.643. The highest BCUT2D eigenvalue weighted by atomic mass is 32.2. The summed E-state index contributed by atoms with van der Waals surface area (Å²) in [6.07, 6.45) is 2.87. The van der Waals surface area contributed by atoms with Crippen LogP contribution in [0, 0.1) is 0 Å². The molecule has 0 rings (SSSR count). The van der Waals surface area contributed by atoms with Crippen LogP contribution in [0.4, 0.5) is 4.79 Å². The fourth-order valence-electron chi connectivity index (χ4n) is 1.17. The molecule has 0 saturated heterocycles. The summed E-state index contributed by atoms with van der Waals surface area (Å²) in [5, 5.41) is 11.8. The lowest BCUT2D eigenvalue weighted by Gasteiger charge is -2.20. The predicted octanol–water partition coefficient (Wildman–Crippen LogP) is 3.74. The highest BCUT2D eigenvalue weighted by Gasteiger charge is 2.17. The molecule has 120 valence electrons. The molecule has 0 atom stereocenters. The maximum Gasteiger partial charge on any atom is 0.412 e. The average molecular weight is 316 g/mol. The smallest absolute Gasteiger partial charge is 0.412 e. The minimum atomic E-state index is -0.934. The van der Waals surface area contributed by atoms with Gasteiger partial charge in [0, 0.05) is 17.7 Å². The minimum absolute atomic E-state index is 0.125. The van der Waals surface area contributed by atoms with Crippen molar-refractivity contribution in [1.82, 2.24) is 5.32 Å². The van der Waals surface area contributed by atoms with Gasteiger partial charge in [-0.05, 0) is 34.1 Å². The zero-order valence-corrected chi connectivity index (χ0v) is 14.0. The molecule has 6 nitrogen and oxygen atoms in total. The first-order valence-electron chi connectivity index (χ1n) is 6.76. The number of unbranched alkanes of at least 4 members (excludes halogenated alkanes) is 1. The Labute approximate surface area is 130 Å². The number of carboxylic acids is 1. The number of carbonyl (C=O) groups is 2. The molecule has 0 fully saturated rings. The van der Waals surface area contributed by atoms with Crippen molar-refractivity contribution in [2.45, 2.75) is 59.5 Å². The molecule has 0 aliphatic heterocycles. The van der Waals surface area contributed by atoms with Gasteiger partial charge in [0.15, 0.2) is 0 Å². The van der Waals surface area contributed by atoms with Crippen LogP contribution in [0.3, 0.4) is 0 Å². The number of ether oxygens (including phenoxy) is 1. The van der Waals surface area contributed by atoms with Crippen molar-refractivity contribution in [3.63, 3.8) is 0 Å². The summed E-state index contributed by atoms with van der Waals surface area (Å²) in [5.74, 6) is -0.934. The molecule has 0 saturated carbocycles. The van der Waals surface area contributed by atoms with Crippen LogP contribution in [-0.2, 0) is 9.53 Å². The van der Waals surface area contributed by atoms with E-state index >= 15 is 0 Å². The Hall–Kier alpha value is -1.50.